The molecule has 2 N–H and O–H groups in total. The van der Waals surface area contributed by atoms with Crippen LogP contribution in [0.2, 0.25) is 0 Å². The van der Waals surface area contributed by atoms with E-state index in [2.05, 4.69) is 20.5 Å². The number of hydrogen-bond donors (Lipinski definition) is 2. The molecule has 0 saturated carbocycles. The lowest BCUT2D eigenvalue weighted by molar-refractivity contribution is -0.116. The standard InChI is InChI=1S/C8H12N4O2/c1-3-4-6(13)9-8-10-7(14)5(2)11-12-8/h3-4H2,1-2H3,(H2,9,10,12,13,14). The molecule has 0 atom stereocenters. The van der Waals surface area contributed by atoms with Gasteiger partial charge in [0.15, 0.2) is 0 Å². The molecule has 0 aliphatic heterocycles. The van der Waals surface area contributed by atoms with Crippen molar-refractivity contribution in [3.8, 4) is 0 Å². The van der Waals surface area contributed by atoms with Crippen molar-refractivity contribution in [1.82, 2.24) is 15.2 Å². The molecule has 1 aromatic heterocycles. The summed E-state index contributed by atoms with van der Waals surface area (Å²) in [7, 11) is 0. The summed E-state index contributed by atoms with van der Waals surface area (Å²) in [5, 5.41) is 9.65. The summed E-state index contributed by atoms with van der Waals surface area (Å²) in [4.78, 5) is 24.6. The fraction of sp³-hybridized carbons (Fsp3) is 0.500. The second-order valence-corrected chi connectivity index (χ2v) is 2.89. The molecule has 1 aromatic rings. The second-order valence-electron chi connectivity index (χ2n) is 2.89. The number of hydrogen-bond acceptors (Lipinski definition) is 4. The Balaban J connectivity index is 2.73. The fourth-order valence-electron chi connectivity index (χ4n) is 0.871. The third kappa shape index (κ3) is 2.65. The molecule has 0 spiro atoms. The molecule has 1 rings (SSSR count). The van der Waals surface area contributed by atoms with Crippen LogP contribution in [0.4, 0.5) is 5.95 Å². The van der Waals surface area contributed by atoms with Crippen LogP contribution in [0.3, 0.4) is 0 Å². The number of amides is 1. The van der Waals surface area contributed by atoms with Crippen LogP contribution in [0.25, 0.3) is 0 Å². The first kappa shape index (κ1) is 10.4. The number of aromatic nitrogens is 3. The molecule has 0 saturated heterocycles. The van der Waals surface area contributed by atoms with Crippen LogP contribution in [0.5, 0.6) is 0 Å². The van der Waals surface area contributed by atoms with E-state index in [1.165, 1.54) is 0 Å². The molecule has 0 bridgehead atoms. The van der Waals surface area contributed by atoms with Gasteiger partial charge in [0.05, 0.1) is 0 Å². The van der Waals surface area contributed by atoms with Gasteiger partial charge in [-0.1, -0.05) is 6.92 Å². The monoisotopic (exact) mass is 196 g/mol. The Bertz CT molecular complexity index is 385. The van der Waals surface area contributed by atoms with Crippen LogP contribution in [0, 0.1) is 6.92 Å². The summed E-state index contributed by atoms with van der Waals surface area (Å²) in [6, 6.07) is 0. The van der Waals surface area contributed by atoms with Crippen LogP contribution in [-0.2, 0) is 4.79 Å². The van der Waals surface area contributed by atoms with E-state index in [1.54, 1.807) is 6.92 Å². The van der Waals surface area contributed by atoms with Crippen LogP contribution < -0.4 is 10.9 Å². The molecule has 0 unspecified atom stereocenters. The minimum atomic E-state index is -0.341. The van der Waals surface area contributed by atoms with Gasteiger partial charge in [0, 0.05) is 6.42 Å². The predicted molar refractivity (Wildman–Crippen MR) is 50.9 cm³/mol. The molecule has 0 radical (unpaired) electrons. The minimum absolute atomic E-state index is 0.0963. The number of anilines is 1. The van der Waals surface area contributed by atoms with E-state index in [-0.39, 0.29) is 23.1 Å². The maximum Gasteiger partial charge on any atom is 0.273 e. The number of nitrogens with one attached hydrogen (secondary N) is 2. The van der Waals surface area contributed by atoms with Gasteiger partial charge in [-0.15, -0.1) is 10.2 Å². The van der Waals surface area contributed by atoms with Gasteiger partial charge in [-0.3, -0.25) is 19.9 Å². The van der Waals surface area contributed by atoms with Gasteiger partial charge in [0.2, 0.25) is 11.9 Å². The first-order valence-electron chi connectivity index (χ1n) is 4.37. The number of carbonyl (C=O) groups excluding carboxylic acids is 1. The molecular formula is C8H12N4O2. The highest BCUT2D eigenvalue weighted by Crippen LogP contribution is 1.94. The van der Waals surface area contributed by atoms with Crippen molar-refractivity contribution >= 4 is 11.9 Å². The molecule has 14 heavy (non-hydrogen) atoms. The normalized spacial score (nSPS) is 9.86. The van der Waals surface area contributed by atoms with Crippen molar-refractivity contribution in [2.45, 2.75) is 26.7 Å². The van der Waals surface area contributed by atoms with E-state index < -0.39 is 0 Å². The number of aromatic amines is 1. The summed E-state index contributed by atoms with van der Waals surface area (Å²) in [5.41, 5.74) is -0.0645. The highest BCUT2D eigenvalue weighted by atomic mass is 16.2. The molecule has 6 nitrogen and oxygen atoms in total. The van der Waals surface area contributed by atoms with Crippen molar-refractivity contribution in [2.75, 3.05) is 5.32 Å². The van der Waals surface area contributed by atoms with Crippen molar-refractivity contribution in [2.24, 2.45) is 0 Å². The Labute approximate surface area is 80.8 Å². The maximum absolute atomic E-state index is 11.1. The van der Waals surface area contributed by atoms with Crippen LogP contribution in [-0.4, -0.2) is 21.1 Å². The third-order valence-electron chi connectivity index (χ3n) is 1.60. The molecule has 0 aliphatic carbocycles. The van der Waals surface area contributed by atoms with Crippen LogP contribution in [0.15, 0.2) is 4.79 Å². The van der Waals surface area contributed by atoms with Gasteiger partial charge >= 0.3 is 0 Å². The van der Waals surface area contributed by atoms with Crippen molar-refractivity contribution in [3.63, 3.8) is 0 Å². The largest absolute Gasteiger partial charge is 0.295 e. The Morgan fingerprint density at radius 1 is 1.50 bits per heavy atom. The molecule has 76 valence electrons. The molecular weight excluding hydrogens is 184 g/mol. The highest BCUT2D eigenvalue weighted by molar-refractivity contribution is 5.88. The molecule has 6 heteroatoms. The Hall–Kier alpha value is -1.72. The summed E-state index contributed by atoms with van der Waals surface area (Å²) in [6.45, 7) is 3.44. The lowest BCUT2D eigenvalue weighted by atomic mass is 10.3. The van der Waals surface area contributed by atoms with Gasteiger partial charge in [0.25, 0.3) is 5.56 Å². The van der Waals surface area contributed by atoms with Gasteiger partial charge in [-0.05, 0) is 13.3 Å². The van der Waals surface area contributed by atoms with E-state index in [9.17, 15) is 9.59 Å². The predicted octanol–water partition coefficient (Wildman–Crippen LogP) is 0.212. The average Bonchev–Trinajstić information content (AvgIpc) is 2.12. The zero-order valence-electron chi connectivity index (χ0n) is 8.13. The summed E-state index contributed by atoms with van der Waals surface area (Å²) in [6.07, 6.45) is 1.15. The summed E-state index contributed by atoms with van der Waals surface area (Å²) < 4.78 is 0. The summed E-state index contributed by atoms with van der Waals surface area (Å²) in [5.74, 6) is -0.0830. The van der Waals surface area contributed by atoms with Gasteiger partial charge < -0.3 is 0 Å². The Morgan fingerprint density at radius 2 is 2.21 bits per heavy atom. The van der Waals surface area contributed by atoms with E-state index in [1.807, 2.05) is 6.92 Å². The van der Waals surface area contributed by atoms with Gasteiger partial charge in [-0.2, -0.15) is 0 Å². The quantitative estimate of drug-likeness (QED) is 0.723. The lowest BCUT2D eigenvalue weighted by Gasteiger charge is -2.01. The molecule has 0 fully saturated rings. The minimum Gasteiger partial charge on any atom is -0.295 e. The maximum atomic E-state index is 11.1. The second kappa shape index (κ2) is 4.50. The zero-order valence-corrected chi connectivity index (χ0v) is 8.13. The average molecular weight is 196 g/mol. The number of nitrogens with zero attached hydrogens (tertiary/aromatic N) is 2. The highest BCUT2D eigenvalue weighted by Gasteiger charge is 2.03. The first-order valence-corrected chi connectivity index (χ1v) is 4.37. The Kier molecular flexibility index (Phi) is 3.33. The van der Waals surface area contributed by atoms with E-state index in [0.717, 1.165) is 6.42 Å². The van der Waals surface area contributed by atoms with Crippen molar-refractivity contribution in [3.05, 3.63) is 16.0 Å². The van der Waals surface area contributed by atoms with Crippen molar-refractivity contribution in [1.29, 1.82) is 0 Å². The molecule has 1 amide bonds. The number of carbonyl (C=O) groups is 1. The zero-order chi connectivity index (χ0) is 10.6. The molecule has 1 heterocycles. The SMILES string of the molecule is CCCC(=O)Nc1nnc(C)c(=O)[nH]1. The van der Waals surface area contributed by atoms with E-state index in [0.29, 0.717) is 6.42 Å². The summed E-state index contributed by atoms with van der Waals surface area (Å²) >= 11 is 0. The number of aryl methyl sites for hydroxylation is 1. The molecule has 0 aliphatic rings. The van der Waals surface area contributed by atoms with Crippen LogP contribution in [0.1, 0.15) is 25.5 Å². The molecule has 0 aromatic carbocycles. The smallest absolute Gasteiger partial charge is 0.273 e. The van der Waals surface area contributed by atoms with E-state index in [4.69, 9.17) is 0 Å². The van der Waals surface area contributed by atoms with Gasteiger partial charge in [-0.25, -0.2) is 0 Å². The number of rotatable bonds is 3. The Morgan fingerprint density at radius 3 is 2.79 bits per heavy atom. The topological polar surface area (TPSA) is 87.7 Å². The van der Waals surface area contributed by atoms with E-state index >= 15 is 0 Å². The number of H-pyrrole nitrogens is 1. The van der Waals surface area contributed by atoms with Crippen molar-refractivity contribution < 1.29 is 4.79 Å². The third-order valence-corrected chi connectivity index (χ3v) is 1.60. The van der Waals surface area contributed by atoms with Crippen LogP contribution >= 0.6 is 0 Å². The van der Waals surface area contributed by atoms with Gasteiger partial charge in [0.1, 0.15) is 5.69 Å². The lowest BCUT2D eigenvalue weighted by Crippen LogP contribution is -2.20. The first-order chi connectivity index (χ1) is 6.63. The fourth-order valence-corrected chi connectivity index (χ4v) is 0.871.